The first-order valence-corrected chi connectivity index (χ1v) is 9.58. The van der Waals surface area contributed by atoms with Crippen LogP contribution >= 0.6 is 0 Å². The molecule has 1 aliphatic rings. The van der Waals surface area contributed by atoms with Gasteiger partial charge in [-0.15, -0.1) is 0 Å². The maximum atomic E-state index is 12.7. The molecule has 1 aromatic heterocycles. The minimum Gasteiger partial charge on any atom is -0.483 e. The Kier molecular flexibility index (Phi) is 8.33. The Morgan fingerprint density at radius 1 is 1.10 bits per heavy atom. The van der Waals surface area contributed by atoms with E-state index < -0.39 is 0 Å². The summed E-state index contributed by atoms with van der Waals surface area (Å²) in [5.74, 6) is 1.07. The fourth-order valence-corrected chi connectivity index (χ4v) is 3.26. The third-order valence-corrected chi connectivity index (χ3v) is 4.93. The smallest absolute Gasteiger partial charge is 0.290 e. The number of pyridine rings is 1. The maximum absolute atomic E-state index is 12.7. The predicted molar refractivity (Wildman–Crippen MR) is 111 cm³/mol. The van der Waals surface area contributed by atoms with Gasteiger partial charge in [-0.3, -0.25) is 14.4 Å². The number of carboxylic acid groups (broad SMARTS) is 1. The highest BCUT2D eigenvalue weighted by Gasteiger charge is 2.20. The quantitative estimate of drug-likeness (QED) is 0.630. The van der Waals surface area contributed by atoms with Crippen molar-refractivity contribution in [1.82, 2.24) is 9.88 Å². The van der Waals surface area contributed by atoms with Gasteiger partial charge in [-0.2, -0.15) is 0 Å². The van der Waals surface area contributed by atoms with Gasteiger partial charge in [0.15, 0.2) is 5.78 Å². The molecule has 1 aromatic carbocycles. The Morgan fingerprint density at radius 2 is 1.83 bits per heavy atom. The van der Waals surface area contributed by atoms with Crippen molar-refractivity contribution in [2.45, 2.75) is 26.7 Å². The van der Waals surface area contributed by atoms with Crippen LogP contribution in [0.1, 0.15) is 34.8 Å². The highest BCUT2D eigenvalue weighted by atomic mass is 16.3. The lowest BCUT2D eigenvalue weighted by Crippen LogP contribution is -2.36. The standard InChI is InChI=1S/C21H25N3O2.CH2O2/c1-16-6-3-4-7-18(16)14-21(26)24-11-5-10-23(12-13-24)20-9-8-19(15-22-20)17(2)25;2-1-3/h3-4,6-9,15H,5,10-14H2,1-2H3;1H,(H,2,3). The van der Waals surface area contributed by atoms with Crippen molar-refractivity contribution in [3.05, 3.63) is 59.3 Å². The summed E-state index contributed by atoms with van der Waals surface area (Å²) >= 11 is 0. The molecule has 1 amide bonds. The average Bonchev–Trinajstić information content (AvgIpc) is 2.97. The lowest BCUT2D eigenvalue weighted by molar-refractivity contribution is -0.130. The van der Waals surface area contributed by atoms with E-state index in [1.165, 1.54) is 0 Å². The van der Waals surface area contributed by atoms with Gasteiger partial charge >= 0.3 is 0 Å². The molecule has 0 saturated carbocycles. The summed E-state index contributed by atoms with van der Waals surface area (Å²) in [6, 6.07) is 11.8. The van der Waals surface area contributed by atoms with Gasteiger partial charge in [-0.05, 0) is 43.5 Å². The topological polar surface area (TPSA) is 90.8 Å². The molecular formula is C22H27N3O4. The van der Waals surface area contributed by atoms with E-state index in [1.54, 1.807) is 13.1 Å². The van der Waals surface area contributed by atoms with Crippen LogP contribution in [0.5, 0.6) is 0 Å². The number of anilines is 1. The summed E-state index contributed by atoms with van der Waals surface area (Å²) < 4.78 is 0. The summed E-state index contributed by atoms with van der Waals surface area (Å²) in [6.07, 6.45) is 3.00. The molecule has 0 unspecified atom stereocenters. The molecule has 0 aliphatic carbocycles. The molecule has 1 aliphatic heterocycles. The lowest BCUT2D eigenvalue weighted by Gasteiger charge is -2.23. The van der Waals surface area contributed by atoms with Crippen molar-refractivity contribution in [2.75, 3.05) is 31.1 Å². The number of carbonyl (C=O) groups is 3. The van der Waals surface area contributed by atoms with Crippen molar-refractivity contribution in [2.24, 2.45) is 0 Å². The number of ketones is 1. The summed E-state index contributed by atoms with van der Waals surface area (Å²) in [6.45, 7) is 6.42. The normalized spacial score (nSPS) is 13.7. The lowest BCUT2D eigenvalue weighted by atomic mass is 10.1. The predicted octanol–water partition coefficient (Wildman–Crippen LogP) is 2.57. The molecule has 0 spiro atoms. The van der Waals surface area contributed by atoms with Crippen molar-refractivity contribution in [3.63, 3.8) is 0 Å². The number of aromatic nitrogens is 1. The largest absolute Gasteiger partial charge is 0.483 e. The summed E-state index contributed by atoms with van der Waals surface area (Å²) in [7, 11) is 0. The SMILES string of the molecule is CC(=O)c1ccc(N2CCCN(C(=O)Cc3ccccc3C)CC2)nc1.O=CO. The van der Waals surface area contributed by atoms with Crippen LogP contribution in [0.4, 0.5) is 5.82 Å². The van der Waals surface area contributed by atoms with Crippen LogP contribution < -0.4 is 4.90 Å². The van der Waals surface area contributed by atoms with E-state index in [4.69, 9.17) is 9.90 Å². The number of Topliss-reactive ketones (excluding diaryl/α,β-unsaturated/α-hetero) is 1. The fourth-order valence-electron chi connectivity index (χ4n) is 3.26. The summed E-state index contributed by atoms with van der Waals surface area (Å²) in [4.78, 5) is 41.0. The average molecular weight is 397 g/mol. The van der Waals surface area contributed by atoms with Gasteiger partial charge in [0.1, 0.15) is 5.82 Å². The zero-order valence-electron chi connectivity index (χ0n) is 16.9. The Morgan fingerprint density at radius 3 is 2.45 bits per heavy atom. The molecule has 1 saturated heterocycles. The minimum absolute atomic E-state index is 0.0212. The first kappa shape index (κ1) is 22.1. The van der Waals surface area contributed by atoms with Crippen molar-refractivity contribution in [3.8, 4) is 0 Å². The van der Waals surface area contributed by atoms with Gasteiger partial charge in [0, 0.05) is 37.9 Å². The zero-order chi connectivity index (χ0) is 21.2. The van der Waals surface area contributed by atoms with E-state index >= 15 is 0 Å². The Hall–Kier alpha value is -3.22. The van der Waals surface area contributed by atoms with Crippen molar-refractivity contribution >= 4 is 24.0 Å². The van der Waals surface area contributed by atoms with Crippen LogP contribution in [0.25, 0.3) is 0 Å². The maximum Gasteiger partial charge on any atom is 0.290 e. The number of hydrogen-bond donors (Lipinski definition) is 1. The van der Waals surface area contributed by atoms with Gasteiger partial charge in [0.05, 0.1) is 6.42 Å². The number of carbonyl (C=O) groups excluding carboxylic acids is 2. The number of rotatable bonds is 4. The Balaban J connectivity index is 0.000000941. The molecule has 2 aromatic rings. The molecule has 1 fully saturated rings. The molecule has 154 valence electrons. The van der Waals surface area contributed by atoms with Gasteiger partial charge in [-0.1, -0.05) is 24.3 Å². The summed E-state index contributed by atoms with van der Waals surface area (Å²) in [5, 5.41) is 6.89. The van der Waals surface area contributed by atoms with E-state index in [1.807, 2.05) is 48.2 Å². The first-order valence-electron chi connectivity index (χ1n) is 9.58. The second kappa shape index (κ2) is 10.9. The molecule has 3 rings (SSSR count). The van der Waals surface area contributed by atoms with E-state index in [0.717, 1.165) is 43.0 Å². The second-order valence-electron chi connectivity index (χ2n) is 6.89. The van der Waals surface area contributed by atoms with Crippen LogP contribution in [0, 0.1) is 6.92 Å². The van der Waals surface area contributed by atoms with Crippen molar-refractivity contribution < 1.29 is 19.5 Å². The van der Waals surface area contributed by atoms with E-state index in [-0.39, 0.29) is 18.2 Å². The molecule has 7 heteroatoms. The molecule has 0 atom stereocenters. The van der Waals surface area contributed by atoms with Crippen LogP contribution in [-0.2, 0) is 16.0 Å². The number of nitrogens with zero attached hydrogens (tertiary/aromatic N) is 3. The Labute approximate surface area is 171 Å². The fraction of sp³-hybridized carbons (Fsp3) is 0.364. The van der Waals surface area contributed by atoms with Crippen molar-refractivity contribution in [1.29, 1.82) is 0 Å². The van der Waals surface area contributed by atoms with Crippen LogP contribution in [-0.4, -0.2) is 59.3 Å². The van der Waals surface area contributed by atoms with E-state index in [9.17, 15) is 9.59 Å². The van der Waals surface area contributed by atoms with Crippen LogP contribution in [0.15, 0.2) is 42.6 Å². The minimum atomic E-state index is -0.250. The monoisotopic (exact) mass is 397 g/mol. The number of aryl methyl sites for hydroxylation is 1. The first-order chi connectivity index (χ1) is 14.0. The molecule has 7 nitrogen and oxygen atoms in total. The molecule has 0 radical (unpaired) electrons. The summed E-state index contributed by atoms with van der Waals surface area (Å²) in [5.41, 5.74) is 2.88. The van der Waals surface area contributed by atoms with Gasteiger partial charge in [-0.25, -0.2) is 4.98 Å². The molecule has 2 heterocycles. The Bertz CT molecular complexity index is 836. The van der Waals surface area contributed by atoms with Crippen LogP contribution in [0.2, 0.25) is 0 Å². The third kappa shape index (κ3) is 6.41. The highest BCUT2D eigenvalue weighted by Crippen LogP contribution is 2.16. The molecule has 1 N–H and O–H groups in total. The van der Waals surface area contributed by atoms with E-state index in [0.29, 0.717) is 18.5 Å². The zero-order valence-corrected chi connectivity index (χ0v) is 16.9. The molecule has 29 heavy (non-hydrogen) atoms. The second-order valence-corrected chi connectivity index (χ2v) is 6.89. The highest BCUT2D eigenvalue weighted by molar-refractivity contribution is 5.93. The number of amides is 1. The third-order valence-electron chi connectivity index (χ3n) is 4.93. The molecular weight excluding hydrogens is 370 g/mol. The van der Waals surface area contributed by atoms with E-state index in [2.05, 4.69) is 9.88 Å². The number of hydrogen-bond acceptors (Lipinski definition) is 5. The van der Waals surface area contributed by atoms with Gasteiger partial charge in [0.2, 0.25) is 5.91 Å². The van der Waals surface area contributed by atoms with Crippen LogP contribution in [0.3, 0.4) is 0 Å². The number of benzene rings is 1. The van der Waals surface area contributed by atoms with Gasteiger partial charge in [0.25, 0.3) is 6.47 Å². The molecule has 0 bridgehead atoms. The van der Waals surface area contributed by atoms with Gasteiger partial charge < -0.3 is 14.9 Å².